The summed E-state index contributed by atoms with van der Waals surface area (Å²) >= 11 is 1.61. The first-order valence-corrected chi connectivity index (χ1v) is 9.94. The van der Waals surface area contributed by atoms with Crippen LogP contribution in [0.2, 0.25) is 0 Å². The normalized spacial score (nSPS) is 18.0. The maximum absolute atomic E-state index is 5.13. The minimum atomic E-state index is 0.388. The second-order valence-electron chi connectivity index (χ2n) is 6.97. The zero-order valence-electron chi connectivity index (χ0n) is 14.8. The lowest BCUT2D eigenvalue weighted by Crippen LogP contribution is -2.33. The van der Waals surface area contributed by atoms with Crippen molar-refractivity contribution in [3.8, 4) is 0 Å². The van der Waals surface area contributed by atoms with Gasteiger partial charge in [-0.1, -0.05) is 11.3 Å². The fourth-order valence-electron chi connectivity index (χ4n) is 3.93. The Morgan fingerprint density at radius 2 is 2.04 bits per heavy atom. The van der Waals surface area contributed by atoms with Crippen molar-refractivity contribution in [1.82, 2.24) is 30.0 Å². The van der Waals surface area contributed by atoms with Crippen LogP contribution in [0.15, 0.2) is 6.07 Å². The van der Waals surface area contributed by atoms with E-state index in [0.29, 0.717) is 12.5 Å². The molecule has 0 unspecified atom stereocenters. The molecule has 0 spiro atoms. The van der Waals surface area contributed by atoms with Crippen molar-refractivity contribution in [3.63, 3.8) is 0 Å². The van der Waals surface area contributed by atoms with Gasteiger partial charge in [-0.3, -0.25) is 0 Å². The van der Waals surface area contributed by atoms with Gasteiger partial charge in [0.1, 0.15) is 11.6 Å². The number of anilines is 1. The summed E-state index contributed by atoms with van der Waals surface area (Å²) < 4.78 is 7.11. The highest BCUT2D eigenvalue weighted by Crippen LogP contribution is 2.31. The summed E-state index contributed by atoms with van der Waals surface area (Å²) in [6, 6.07) is 2.17. The number of piperidine rings is 1. The van der Waals surface area contributed by atoms with Crippen molar-refractivity contribution in [2.75, 3.05) is 25.1 Å². The van der Waals surface area contributed by atoms with Gasteiger partial charge in [0.25, 0.3) is 0 Å². The minimum Gasteiger partial charge on any atom is -0.377 e. The zero-order valence-corrected chi connectivity index (χ0v) is 15.6. The molecule has 1 fully saturated rings. The SMILES string of the molecule is COCc1nnc(N2CCC(c3nnc4cc5c(nn34)CCC5)CC2)s1. The van der Waals surface area contributed by atoms with E-state index in [0.717, 1.165) is 60.4 Å². The van der Waals surface area contributed by atoms with Gasteiger partial charge < -0.3 is 9.64 Å². The van der Waals surface area contributed by atoms with Crippen LogP contribution in [0.5, 0.6) is 0 Å². The third-order valence-electron chi connectivity index (χ3n) is 5.30. The average Bonchev–Trinajstić information content (AvgIpc) is 3.39. The summed E-state index contributed by atoms with van der Waals surface area (Å²) in [5, 5.41) is 24.1. The number of fused-ring (bicyclic) bond motifs is 2. The molecule has 2 aliphatic rings. The number of nitrogens with zero attached hydrogens (tertiary/aromatic N) is 7. The molecule has 26 heavy (non-hydrogen) atoms. The van der Waals surface area contributed by atoms with Crippen LogP contribution in [0.4, 0.5) is 5.13 Å². The van der Waals surface area contributed by atoms with Gasteiger partial charge in [-0.2, -0.15) is 9.61 Å². The molecular formula is C17H21N7OS. The first kappa shape index (κ1) is 16.1. The molecule has 136 valence electrons. The second kappa shape index (κ2) is 6.55. The third-order valence-corrected chi connectivity index (χ3v) is 6.26. The van der Waals surface area contributed by atoms with E-state index in [4.69, 9.17) is 9.84 Å². The number of hydrogen-bond acceptors (Lipinski definition) is 8. The van der Waals surface area contributed by atoms with E-state index >= 15 is 0 Å². The molecule has 0 saturated carbocycles. The molecule has 3 aromatic rings. The number of methoxy groups -OCH3 is 1. The number of aromatic nitrogens is 6. The van der Waals surface area contributed by atoms with E-state index in [-0.39, 0.29) is 0 Å². The molecule has 5 rings (SSSR count). The smallest absolute Gasteiger partial charge is 0.208 e. The summed E-state index contributed by atoms with van der Waals surface area (Å²) in [6.45, 7) is 2.42. The van der Waals surface area contributed by atoms with Gasteiger partial charge in [-0.25, -0.2) is 0 Å². The van der Waals surface area contributed by atoms with Crippen LogP contribution >= 0.6 is 11.3 Å². The minimum absolute atomic E-state index is 0.388. The fourth-order valence-corrected chi connectivity index (χ4v) is 4.79. The first-order chi connectivity index (χ1) is 12.8. The van der Waals surface area contributed by atoms with E-state index in [1.807, 2.05) is 4.52 Å². The molecular weight excluding hydrogens is 350 g/mol. The Morgan fingerprint density at radius 3 is 2.88 bits per heavy atom. The summed E-state index contributed by atoms with van der Waals surface area (Å²) in [4.78, 5) is 2.31. The Bertz CT molecular complexity index is 928. The molecule has 4 heterocycles. The molecule has 3 aromatic heterocycles. The van der Waals surface area contributed by atoms with Crippen LogP contribution < -0.4 is 4.90 Å². The van der Waals surface area contributed by atoms with Crippen LogP contribution in [0.3, 0.4) is 0 Å². The Kier molecular flexibility index (Phi) is 4.05. The molecule has 1 aliphatic carbocycles. The second-order valence-corrected chi connectivity index (χ2v) is 8.01. The summed E-state index contributed by atoms with van der Waals surface area (Å²) in [7, 11) is 1.68. The highest BCUT2D eigenvalue weighted by Gasteiger charge is 2.27. The molecule has 0 atom stereocenters. The summed E-state index contributed by atoms with van der Waals surface area (Å²) in [6.07, 6.45) is 5.44. The standard InChI is InChI=1S/C17H21N7OS/c1-25-10-15-19-21-17(26-15)23-7-5-11(6-8-23)16-20-18-14-9-12-3-2-4-13(12)22-24(14)16/h9,11H,2-8,10H2,1H3. The molecule has 1 saturated heterocycles. The van der Waals surface area contributed by atoms with E-state index in [2.05, 4.69) is 31.4 Å². The molecule has 0 amide bonds. The van der Waals surface area contributed by atoms with E-state index < -0.39 is 0 Å². The molecule has 0 radical (unpaired) electrons. The first-order valence-electron chi connectivity index (χ1n) is 9.12. The average molecular weight is 371 g/mol. The van der Waals surface area contributed by atoms with Crippen LogP contribution in [0, 0.1) is 0 Å². The summed E-state index contributed by atoms with van der Waals surface area (Å²) in [5.41, 5.74) is 3.45. The van der Waals surface area contributed by atoms with Gasteiger partial charge in [-0.15, -0.1) is 20.4 Å². The van der Waals surface area contributed by atoms with Crippen LogP contribution in [-0.2, 0) is 24.2 Å². The Hall–Kier alpha value is -2.13. The van der Waals surface area contributed by atoms with Gasteiger partial charge in [-0.05, 0) is 43.7 Å². The lowest BCUT2D eigenvalue weighted by atomic mass is 9.96. The number of hydrogen-bond donors (Lipinski definition) is 0. The van der Waals surface area contributed by atoms with Crippen LogP contribution in [0.1, 0.15) is 47.3 Å². The van der Waals surface area contributed by atoms with Crippen molar-refractivity contribution in [3.05, 3.63) is 28.2 Å². The quantitative estimate of drug-likeness (QED) is 0.694. The Balaban J connectivity index is 1.33. The molecule has 0 bridgehead atoms. The lowest BCUT2D eigenvalue weighted by molar-refractivity contribution is 0.184. The van der Waals surface area contributed by atoms with E-state index in [1.54, 1.807) is 18.4 Å². The Morgan fingerprint density at radius 1 is 1.15 bits per heavy atom. The highest BCUT2D eigenvalue weighted by atomic mass is 32.1. The third kappa shape index (κ3) is 2.75. The van der Waals surface area contributed by atoms with Crippen LogP contribution in [0.25, 0.3) is 5.65 Å². The van der Waals surface area contributed by atoms with Gasteiger partial charge in [0.05, 0.1) is 5.69 Å². The summed E-state index contributed by atoms with van der Waals surface area (Å²) in [5.74, 6) is 1.39. The number of aryl methyl sites for hydroxylation is 2. The number of rotatable bonds is 4. The highest BCUT2D eigenvalue weighted by molar-refractivity contribution is 7.15. The van der Waals surface area contributed by atoms with Crippen molar-refractivity contribution in [2.45, 2.75) is 44.6 Å². The molecule has 1 aliphatic heterocycles. The molecule has 0 N–H and O–H groups in total. The maximum atomic E-state index is 5.13. The Labute approximate surface area is 155 Å². The monoisotopic (exact) mass is 371 g/mol. The van der Waals surface area contributed by atoms with Crippen molar-refractivity contribution in [2.24, 2.45) is 0 Å². The number of ether oxygens (including phenoxy) is 1. The van der Waals surface area contributed by atoms with Crippen molar-refractivity contribution in [1.29, 1.82) is 0 Å². The van der Waals surface area contributed by atoms with Gasteiger partial charge in [0.2, 0.25) is 5.13 Å². The maximum Gasteiger partial charge on any atom is 0.208 e. The molecule has 0 aromatic carbocycles. The zero-order chi connectivity index (χ0) is 17.5. The van der Waals surface area contributed by atoms with Gasteiger partial charge in [0.15, 0.2) is 11.5 Å². The van der Waals surface area contributed by atoms with Crippen LogP contribution in [-0.4, -0.2) is 50.2 Å². The fraction of sp³-hybridized carbons (Fsp3) is 0.588. The van der Waals surface area contributed by atoms with Crippen molar-refractivity contribution < 1.29 is 4.74 Å². The van der Waals surface area contributed by atoms with Gasteiger partial charge in [0, 0.05) is 26.1 Å². The molecule has 9 heteroatoms. The van der Waals surface area contributed by atoms with E-state index in [9.17, 15) is 0 Å². The predicted molar refractivity (Wildman–Crippen MR) is 97.6 cm³/mol. The lowest BCUT2D eigenvalue weighted by Gasteiger charge is -2.30. The van der Waals surface area contributed by atoms with E-state index in [1.165, 1.54) is 17.7 Å². The predicted octanol–water partition coefficient (Wildman–Crippen LogP) is 1.99. The van der Waals surface area contributed by atoms with Gasteiger partial charge >= 0.3 is 0 Å². The van der Waals surface area contributed by atoms with Crippen molar-refractivity contribution >= 4 is 22.1 Å². The molecule has 8 nitrogen and oxygen atoms in total. The topological polar surface area (TPSA) is 81.3 Å². The largest absolute Gasteiger partial charge is 0.377 e.